The molecule has 0 radical (unpaired) electrons. The van der Waals surface area contributed by atoms with Crippen molar-refractivity contribution in [3.63, 3.8) is 0 Å². The third-order valence-electron chi connectivity index (χ3n) is 4.14. The lowest BCUT2D eigenvalue weighted by Crippen LogP contribution is -1.94. The number of nitrogens with zero attached hydrogens (tertiary/aromatic N) is 1. The lowest BCUT2D eigenvalue weighted by molar-refractivity contribution is 0.101. The lowest BCUT2D eigenvalue weighted by atomic mass is 10.0. The van der Waals surface area contributed by atoms with Crippen LogP contribution in [-0.2, 0) is 0 Å². The van der Waals surface area contributed by atoms with Crippen molar-refractivity contribution in [2.75, 3.05) is 12.4 Å². The minimum atomic E-state index is 0.0601. The molecule has 3 rings (SSSR count). The molecule has 2 aromatic carbocycles. The largest absolute Gasteiger partial charge is 0.496 e. The van der Waals surface area contributed by atoms with Crippen molar-refractivity contribution in [3.05, 3.63) is 58.5 Å². The van der Waals surface area contributed by atoms with Gasteiger partial charge in [-0.1, -0.05) is 0 Å². The highest BCUT2D eigenvalue weighted by Crippen LogP contribution is 2.35. The summed E-state index contributed by atoms with van der Waals surface area (Å²) in [5.74, 6) is 0.885. The number of methoxy groups -OCH3 is 1. The second-order valence-corrected chi connectivity index (χ2v) is 6.79. The number of ether oxygens (including phenoxy) is 1. The van der Waals surface area contributed by atoms with Crippen LogP contribution in [0.4, 0.5) is 10.8 Å². The van der Waals surface area contributed by atoms with Gasteiger partial charge in [0.2, 0.25) is 0 Å². The third-order valence-corrected chi connectivity index (χ3v) is 4.90. The van der Waals surface area contributed by atoms with Crippen LogP contribution in [0.5, 0.6) is 5.75 Å². The number of thiazole rings is 1. The first-order valence-corrected chi connectivity index (χ1v) is 8.85. The Morgan fingerprint density at radius 1 is 1.12 bits per heavy atom. The SMILES string of the molecule is COc1cc(C)c(C)cc1-c1csc(Nc2ccc(C(C)=O)cc2)n1. The Balaban J connectivity index is 1.85. The number of carbonyl (C=O) groups is 1. The molecule has 0 saturated heterocycles. The van der Waals surface area contributed by atoms with E-state index in [1.165, 1.54) is 22.5 Å². The maximum atomic E-state index is 11.3. The van der Waals surface area contributed by atoms with Crippen molar-refractivity contribution >= 4 is 27.9 Å². The Morgan fingerprint density at radius 2 is 1.80 bits per heavy atom. The average molecular weight is 352 g/mol. The van der Waals surface area contributed by atoms with E-state index in [0.717, 1.165) is 27.8 Å². The fourth-order valence-electron chi connectivity index (χ4n) is 2.53. The summed E-state index contributed by atoms with van der Waals surface area (Å²) in [4.78, 5) is 16.0. The van der Waals surface area contributed by atoms with Gasteiger partial charge in [0.15, 0.2) is 10.9 Å². The number of aryl methyl sites for hydroxylation is 2. The van der Waals surface area contributed by atoms with E-state index in [4.69, 9.17) is 4.74 Å². The van der Waals surface area contributed by atoms with Gasteiger partial charge in [-0.3, -0.25) is 4.79 Å². The molecule has 0 fully saturated rings. The highest BCUT2D eigenvalue weighted by Gasteiger charge is 2.12. The molecule has 4 nitrogen and oxygen atoms in total. The van der Waals surface area contributed by atoms with Gasteiger partial charge < -0.3 is 10.1 Å². The van der Waals surface area contributed by atoms with Crippen LogP contribution in [-0.4, -0.2) is 17.9 Å². The van der Waals surface area contributed by atoms with Crippen molar-refractivity contribution in [1.29, 1.82) is 0 Å². The number of Topliss-reactive ketones (excluding diaryl/α,β-unsaturated/α-hetero) is 1. The summed E-state index contributed by atoms with van der Waals surface area (Å²) in [6.07, 6.45) is 0. The van der Waals surface area contributed by atoms with Crippen LogP contribution < -0.4 is 10.1 Å². The summed E-state index contributed by atoms with van der Waals surface area (Å²) in [5.41, 5.74) is 5.87. The van der Waals surface area contributed by atoms with Gasteiger partial charge in [-0.15, -0.1) is 11.3 Å². The van der Waals surface area contributed by atoms with Crippen LogP contribution in [0.1, 0.15) is 28.4 Å². The van der Waals surface area contributed by atoms with E-state index in [1.807, 2.05) is 35.7 Å². The third kappa shape index (κ3) is 3.72. The second kappa shape index (κ2) is 7.07. The van der Waals surface area contributed by atoms with Crippen molar-refractivity contribution < 1.29 is 9.53 Å². The maximum absolute atomic E-state index is 11.3. The molecular formula is C20H20N2O2S. The number of anilines is 2. The smallest absolute Gasteiger partial charge is 0.187 e. The number of benzene rings is 2. The molecule has 1 aromatic heterocycles. The normalized spacial score (nSPS) is 10.6. The first-order chi connectivity index (χ1) is 12.0. The summed E-state index contributed by atoms with van der Waals surface area (Å²) in [6, 6.07) is 11.5. The van der Waals surface area contributed by atoms with Gasteiger partial charge in [0.25, 0.3) is 0 Å². The fourth-order valence-corrected chi connectivity index (χ4v) is 3.26. The summed E-state index contributed by atoms with van der Waals surface area (Å²) in [6.45, 7) is 5.72. The number of hydrogen-bond acceptors (Lipinski definition) is 5. The van der Waals surface area contributed by atoms with Gasteiger partial charge in [0, 0.05) is 22.2 Å². The monoisotopic (exact) mass is 352 g/mol. The molecule has 0 spiro atoms. The molecule has 0 aliphatic carbocycles. The standard InChI is InChI=1S/C20H20N2O2S/c1-12-9-17(19(24-4)10-13(12)2)18-11-25-20(22-18)21-16-7-5-15(6-8-16)14(3)23/h5-11H,1-4H3,(H,21,22). The summed E-state index contributed by atoms with van der Waals surface area (Å²) >= 11 is 1.53. The van der Waals surface area contributed by atoms with Crippen molar-refractivity contribution in [3.8, 4) is 17.0 Å². The second-order valence-electron chi connectivity index (χ2n) is 5.93. The van der Waals surface area contributed by atoms with E-state index < -0.39 is 0 Å². The highest BCUT2D eigenvalue weighted by molar-refractivity contribution is 7.14. The van der Waals surface area contributed by atoms with Crippen molar-refractivity contribution in [2.24, 2.45) is 0 Å². The average Bonchev–Trinajstić information content (AvgIpc) is 3.05. The van der Waals surface area contributed by atoms with Gasteiger partial charge in [-0.25, -0.2) is 4.98 Å². The van der Waals surface area contributed by atoms with E-state index in [1.54, 1.807) is 14.0 Å². The van der Waals surface area contributed by atoms with Crippen LogP contribution in [0.25, 0.3) is 11.3 Å². The predicted molar refractivity (Wildman–Crippen MR) is 103 cm³/mol. The number of aromatic nitrogens is 1. The molecule has 0 atom stereocenters. The predicted octanol–water partition coefficient (Wildman–Crippen LogP) is 5.38. The summed E-state index contributed by atoms with van der Waals surface area (Å²) in [5, 5.41) is 6.09. The Labute approximate surface area is 151 Å². The molecule has 0 aliphatic rings. The Bertz CT molecular complexity index is 914. The van der Waals surface area contributed by atoms with Gasteiger partial charge in [0.1, 0.15) is 5.75 Å². The number of hydrogen-bond donors (Lipinski definition) is 1. The zero-order valence-corrected chi connectivity index (χ0v) is 15.5. The molecule has 0 bridgehead atoms. The quantitative estimate of drug-likeness (QED) is 0.626. The van der Waals surface area contributed by atoms with E-state index in [0.29, 0.717) is 5.56 Å². The first kappa shape index (κ1) is 17.2. The Hall–Kier alpha value is -2.66. The van der Waals surface area contributed by atoms with Gasteiger partial charge in [0.05, 0.1) is 12.8 Å². The molecule has 5 heteroatoms. The molecule has 0 aliphatic heterocycles. The molecule has 0 unspecified atom stereocenters. The molecule has 128 valence electrons. The van der Waals surface area contributed by atoms with Crippen LogP contribution in [0.3, 0.4) is 0 Å². The minimum Gasteiger partial charge on any atom is -0.496 e. The molecule has 25 heavy (non-hydrogen) atoms. The first-order valence-electron chi connectivity index (χ1n) is 7.97. The molecule has 3 aromatic rings. The van der Waals surface area contributed by atoms with Crippen molar-refractivity contribution in [2.45, 2.75) is 20.8 Å². The maximum Gasteiger partial charge on any atom is 0.187 e. The lowest BCUT2D eigenvalue weighted by Gasteiger charge is -2.10. The molecule has 0 amide bonds. The fraction of sp³-hybridized carbons (Fsp3) is 0.200. The van der Waals surface area contributed by atoms with Gasteiger partial charge >= 0.3 is 0 Å². The summed E-state index contributed by atoms with van der Waals surface area (Å²) < 4.78 is 5.51. The van der Waals surface area contributed by atoms with Crippen LogP contribution >= 0.6 is 11.3 Å². The number of carbonyl (C=O) groups excluding carboxylic acids is 1. The molecule has 1 N–H and O–H groups in total. The van der Waals surface area contributed by atoms with Crippen LogP contribution in [0.15, 0.2) is 41.8 Å². The number of nitrogens with one attached hydrogen (secondary N) is 1. The van der Waals surface area contributed by atoms with E-state index >= 15 is 0 Å². The van der Waals surface area contributed by atoms with E-state index in [9.17, 15) is 4.79 Å². The van der Waals surface area contributed by atoms with E-state index in [2.05, 4.69) is 30.2 Å². The highest BCUT2D eigenvalue weighted by atomic mass is 32.1. The van der Waals surface area contributed by atoms with Crippen LogP contribution in [0, 0.1) is 13.8 Å². The zero-order valence-electron chi connectivity index (χ0n) is 14.7. The van der Waals surface area contributed by atoms with E-state index in [-0.39, 0.29) is 5.78 Å². The molecule has 0 saturated carbocycles. The minimum absolute atomic E-state index is 0.0601. The molecule has 1 heterocycles. The Kier molecular flexibility index (Phi) is 4.86. The molecular weight excluding hydrogens is 332 g/mol. The Morgan fingerprint density at radius 3 is 2.44 bits per heavy atom. The van der Waals surface area contributed by atoms with Gasteiger partial charge in [-0.2, -0.15) is 0 Å². The topological polar surface area (TPSA) is 51.2 Å². The van der Waals surface area contributed by atoms with Gasteiger partial charge in [-0.05, 0) is 68.3 Å². The van der Waals surface area contributed by atoms with Crippen LogP contribution in [0.2, 0.25) is 0 Å². The zero-order chi connectivity index (χ0) is 18.0. The number of rotatable bonds is 5. The van der Waals surface area contributed by atoms with Crippen molar-refractivity contribution in [1.82, 2.24) is 4.98 Å². The summed E-state index contributed by atoms with van der Waals surface area (Å²) in [7, 11) is 1.68. The number of ketones is 1.